The summed E-state index contributed by atoms with van der Waals surface area (Å²) in [6, 6.07) is -0.547. The van der Waals surface area contributed by atoms with E-state index in [-0.39, 0.29) is 23.7 Å². The van der Waals surface area contributed by atoms with E-state index in [1.165, 1.54) is 0 Å². The summed E-state index contributed by atoms with van der Waals surface area (Å²) in [5, 5.41) is 2.68. The van der Waals surface area contributed by atoms with Crippen LogP contribution in [0.3, 0.4) is 0 Å². The Morgan fingerprint density at radius 2 is 1.80 bits per heavy atom. The Morgan fingerprint density at radius 1 is 1.27 bits per heavy atom. The minimum atomic E-state index is -0.547. The van der Waals surface area contributed by atoms with Crippen LogP contribution in [0.2, 0.25) is 0 Å². The fraction of sp³-hybridized carbons (Fsp3) is 0.727. The van der Waals surface area contributed by atoms with Crippen molar-refractivity contribution >= 4 is 18.5 Å². The van der Waals surface area contributed by atoms with E-state index in [1.54, 1.807) is 0 Å². The van der Waals surface area contributed by atoms with Gasteiger partial charge in [0.1, 0.15) is 6.04 Å². The standard InChI is InChI=1S/C11H20N2O2/c1-7(2)6-9(14)13-10(8(3)4)11(15)12-5/h7-8,10H,5-6H2,1-4H3,(H,13,14). The van der Waals surface area contributed by atoms with Gasteiger partial charge in [0.15, 0.2) is 0 Å². The average Bonchev–Trinajstić information content (AvgIpc) is 2.11. The predicted octanol–water partition coefficient (Wildman–Crippen LogP) is 1.40. The monoisotopic (exact) mass is 212 g/mol. The molecule has 0 radical (unpaired) electrons. The SMILES string of the molecule is C=NC(=O)C(NC(=O)CC(C)C)C(C)C. The summed E-state index contributed by atoms with van der Waals surface area (Å²) >= 11 is 0. The Bertz CT molecular complexity index is 247. The summed E-state index contributed by atoms with van der Waals surface area (Å²) in [5.74, 6) is -0.175. The zero-order valence-electron chi connectivity index (χ0n) is 9.91. The molecule has 1 N–H and O–H groups in total. The number of amides is 2. The first-order valence-electron chi connectivity index (χ1n) is 5.18. The van der Waals surface area contributed by atoms with Crippen LogP contribution in [0.5, 0.6) is 0 Å². The molecule has 1 atom stereocenters. The van der Waals surface area contributed by atoms with Gasteiger partial charge in [0.25, 0.3) is 5.91 Å². The van der Waals surface area contributed by atoms with E-state index in [9.17, 15) is 9.59 Å². The van der Waals surface area contributed by atoms with Crippen molar-refractivity contribution in [3.05, 3.63) is 0 Å². The van der Waals surface area contributed by atoms with Crippen molar-refractivity contribution in [2.24, 2.45) is 16.8 Å². The summed E-state index contributed by atoms with van der Waals surface area (Å²) in [5.41, 5.74) is 0. The molecule has 0 rings (SSSR count). The minimum absolute atomic E-state index is 0.0270. The van der Waals surface area contributed by atoms with Crippen molar-refractivity contribution < 1.29 is 9.59 Å². The van der Waals surface area contributed by atoms with Gasteiger partial charge in [-0.1, -0.05) is 27.7 Å². The third kappa shape index (κ3) is 5.30. The number of nitrogens with zero attached hydrogens (tertiary/aromatic N) is 1. The smallest absolute Gasteiger partial charge is 0.267 e. The highest BCUT2D eigenvalue weighted by atomic mass is 16.2. The second kappa shape index (κ2) is 6.32. The van der Waals surface area contributed by atoms with E-state index in [4.69, 9.17) is 0 Å². The van der Waals surface area contributed by atoms with Gasteiger partial charge < -0.3 is 5.32 Å². The summed E-state index contributed by atoms with van der Waals surface area (Å²) in [6.45, 7) is 10.8. The van der Waals surface area contributed by atoms with Crippen LogP contribution in [0, 0.1) is 11.8 Å². The Labute approximate surface area is 91.2 Å². The summed E-state index contributed by atoms with van der Waals surface area (Å²) < 4.78 is 0. The maximum absolute atomic E-state index is 11.5. The van der Waals surface area contributed by atoms with E-state index in [0.29, 0.717) is 6.42 Å². The first-order chi connectivity index (χ1) is 6.88. The highest BCUT2D eigenvalue weighted by Crippen LogP contribution is 2.06. The fourth-order valence-electron chi connectivity index (χ4n) is 1.22. The number of hydrogen-bond donors (Lipinski definition) is 1. The largest absolute Gasteiger partial charge is 0.344 e. The highest BCUT2D eigenvalue weighted by molar-refractivity contribution is 5.90. The quantitative estimate of drug-likeness (QED) is 0.700. The first kappa shape index (κ1) is 13.8. The van der Waals surface area contributed by atoms with E-state index in [1.807, 2.05) is 27.7 Å². The topological polar surface area (TPSA) is 58.5 Å². The van der Waals surface area contributed by atoms with Crippen LogP contribution < -0.4 is 5.32 Å². The molecule has 0 aliphatic heterocycles. The summed E-state index contributed by atoms with van der Waals surface area (Å²) in [4.78, 5) is 26.1. The lowest BCUT2D eigenvalue weighted by Gasteiger charge is -2.19. The molecule has 0 aliphatic carbocycles. The van der Waals surface area contributed by atoms with Crippen molar-refractivity contribution in [2.75, 3.05) is 0 Å². The van der Waals surface area contributed by atoms with Crippen LogP contribution in [0.15, 0.2) is 4.99 Å². The maximum Gasteiger partial charge on any atom is 0.267 e. The second-order valence-corrected chi connectivity index (χ2v) is 4.38. The normalized spacial score (nSPS) is 12.7. The molecule has 2 amide bonds. The predicted molar refractivity (Wildman–Crippen MR) is 60.8 cm³/mol. The van der Waals surface area contributed by atoms with Crippen LogP contribution >= 0.6 is 0 Å². The minimum Gasteiger partial charge on any atom is -0.344 e. The molecule has 0 fully saturated rings. The third-order valence-corrected chi connectivity index (χ3v) is 2.00. The van der Waals surface area contributed by atoms with Gasteiger partial charge >= 0.3 is 0 Å². The molecular formula is C11H20N2O2. The zero-order chi connectivity index (χ0) is 12.0. The molecule has 0 spiro atoms. The molecule has 0 heterocycles. The fourth-order valence-corrected chi connectivity index (χ4v) is 1.22. The van der Waals surface area contributed by atoms with Gasteiger partial charge in [-0.05, 0) is 18.6 Å². The highest BCUT2D eigenvalue weighted by Gasteiger charge is 2.23. The van der Waals surface area contributed by atoms with Gasteiger partial charge in [-0.2, -0.15) is 0 Å². The Hall–Kier alpha value is -1.19. The van der Waals surface area contributed by atoms with Gasteiger partial charge in [-0.3, -0.25) is 9.59 Å². The summed E-state index contributed by atoms with van der Waals surface area (Å²) in [7, 11) is 0. The van der Waals surface area contributed by atoms with Gasteiger partial charge in [0, 0.05) is 6.42 Å². The number of aliphatic imine (C=N–C) groups is 1. The number of rotatable bonds is 5. The molecule has 4 heteroatoms. The van der Waals surface area contributed by atoms with Gasteiger partial charge in [-0.15, -0.1) is 0 Å². The van der Waals surface area contributed by atoms with Crippen LogP contribution in [0.1, 0.15) is 34.1 Å². The number of nitrogens with one attached hydrogen (secondary N) is 1. The van der Waals surface area contributed by atoms with Crippen molar-refractivity contribution in [3.63, 3.8) is 0 Å². The van der Waals surface area contributed by atoms with E-state index < -0.39 is 6.04 Å². The lowest BCUT2D eigenvalue weighted by Crippen LogP contribution is -2.44. The van der Waals surface area contributed by atoms with E-state index >= 15 is 0 Å². The van der Waals surface area contributed by atoms with Crippen LogP contribution in [0.4, 0.5) is 0 Å². The Kier molecular flexibility index (Phi) is 5.82. The molecule has 0 bridgehead atoms. The molecule has 4 nitrogen and oxygen atoms in total. The van der Waals surface area contributed by atoms with Gasteiger partial charge in [0.05, 0.1) is 0 Å². The van der Waals surface area contributed by atoms with Crippen molar-refractivity contribution in [2.45, 2.75) is 40.2 Å². The van der Waals surface area contributed by atoms with Crippen LogP contribution in [-0.2, 0) is 9.59 Å². The van der Waals surface area contributed by atoms with Crippen molar-refractivity contribution in [3.8, 4) is 0 Å². The first-order valence-corrected chi connectivity index (χ1v) is 5.18. The van der Waals surface area contributed by atoms with Gasteiger partial charge in [-0.25, -0.2) is 4.99 Å². The number of carbonyl (C=O) groups excluding carboxylic acids is 2. The van der Waals surface area contributed by atoms with Gasteiger partial charge in [0.2, 0.25) is 5.91 Å². The third-order valence-electron chi connectivity index (χ3n) is 2.00. The summed E-state index contributed by atoms with van der Waals surface area (Å²) in [6.07, 6.45) is 0.424. The van der Waals surface area contributed by atoms with Crippen LogP contribution in [-0.4, -0.2) is 24.6 Å². The second-order valence-electron chi connectivity index (χ2n) is 4.38. The molecule has 1 unspecified atom stereocenters. The number of carbonyl (C=O) groups is 2. The van der Waals surface area contributed by atoms with Crippen molar-refractivity contribution in [1.82, 2.24) is 5.32 Å². The molecule has 86 valence electrons. The molecule has 15 heavy (non-hydrogen) atoms. The lowest BCUT2D eigenvalue weighted by molar-refractivity contribution is -0.128. The molecule has 0 aromatic carbocycles. The molecule has 0 aromatic heterocycles. The lowest BCUT2D eigenvalue weighted by atomic mass is 10.0. The number of hydrogen-bond acceptors (Lipinski definition) is 2. The Morgan fingerprint density at radius 3 is 2.13 bits per heavy atom. The van der Waals surface area contributed by atoms with Crippen molar-refractivity contribution in [1.29, 1.82) is 0 Å². The molecule has 0 saturated carbocycles. The van der Waals surface area contributed by atoms with Crippen LogP contribution in [0.25, 0.3) is 0 Å². The Balaban J connectivity index is 4.35. The molecule has 0 saturated heterocycles. The molecular weight excluding hydrogens is 192 g/mol. The molecule has 0 aliphatic rings. The van der Waals surface area contributed by atoms with E-state index in [0.717, 1.165) is 0 Å². The molecule has 0 aromatic rings. The average molecular weight is 212 g/mol. The maximum atomic E-state index is 11.5. The zero-order valence-corrected chi connectivity index (χ0v) is 9.91. The van der Waals surface area contributed by atoms with E-state index in [2.05, 4.69) is 17.0 Å².